The number of benzene rings is 2. The van der Waals surface area contributed by atoms with Crippen molar-refractivity contribution in [1.82, 2.24) is 10.1 Å². The summed E-state index contributed by atoms with van der Waals surface area (Å²) in [6.07, 6.45) is 7.20. The van der Waals surface area contributed by atoms with Gasteiger partial charge in [-0.05, 0) is 74.1 Å². The summed E-state index contributed by atoms with van der Waals surface area (Å²) in [4.78, 5) is 4.84. The number of rotatable bonds is 5. The highest BCUT2D eigenvalue weighted by Crippen LogP contribution is 2.57. The molecule has 168 valence electrons. The summed E-state index contributed by atoms with van der Waals surface area (Å²) in [5.41, 5.74) is 5.47. The summed E-state index contributed by atoms with van der Waals surface area (Å²) >= 11 is 0. The van der Waals surface area contributed by atoms with Gasteiger partial charge in [0, 0.05) is 23.1 Å². The quantitative estimate of drug-likeness (QED) is 0.472. The molecule has 1 N–H and O–H groups in total. The van der Waals surface area contributed by atoms with Gasteiger partial charge in [-0.15, -0.1) is 0 Å². The van der Waals surface area contributed by atoms with Gasteiger partial charge >= 0.3 is 0 Å². The van der Waals surface area contributed by atoms with Gasteiger partial charge in [-0.1, -0.05) is 67.9 Å². The fraction of sp³-hybridized carbons (Fsp3) is 0.500. The topological polar surface area (TPSA) is 51.0 Å². The van der Waals surface area contributed by atoms with E-state index in [4.69, 9.17) is 9.51 Å². The monoisotopic (exact) mass is 429 g/mol. The second kappa shape index (κ2) is 7.75. The van der Waals surface area contributed by atoms with E-state index in [0.717, 1.165) is 18.3 Å². The molecule has 32 heavy (non-hydrogen) atoms. The molecule has 0 unspecified atom stereocenters. The van der Waals surface area contributed by atoms with Crippen molar-refractivity contribution in [3.05, 3.63) is 65.8 Å². The molecule has 3 aliphatic rings. The Labute approximate surface area is 191 Å². The minimum atomic E-state index is -0.0913. The molecule has 2 aromatic carbocycles. The van der Waals surface area contributed by atoms with Crippen molar-refractivity contribution in [2.24, 2.45) is 5.41 Å². The fourth-order valence-corrected chi connectivity index (χ4v) is 5.45. The lowest BCUT2D eigenvalue weighted by atomic mass is 9.53. The first-order valence-electron chi connectivity index (χ1n) is 12.0. The molecule has 3 fully saturated rings. The van der Waals surface area contributed by atoms with Crippen molar-refractivity contribution in [2.45, 2.75) is 77.0 Å². The molecule has 0 amide bonds. The molecule has 0 saturated heterocycles. The Hall–Kier alpha value is -2.62. The minimum absolute atomic E-state index is 0.0913. The van der Waals surface area contributed by atoms with Gasteiger partial charge in [0.1, 0.15) is 0 Å². The maximum Gasteiger partial charge on any atom is 0.232 e. The van der Waals surface area contributed by atoms with Crippen LogP contribution in [0.1, 0.15) is 76.6 Å². The lowest BCUT2D eigenvalue weighted by Gasteiger charge is -2.52. The number of anilines is 1. The van der Waals surface area contributed by atoms with Gasteiger partial charge in [0.05, 0.1) is 0 Å². The van der Waals surface area contributed by atoms with Crippen LogP contribution in [0.3, 0.4) is 0 Å². The predicted molar refractivity (Wildman–Crippen MR) is 130 cm³/mol. The second-order valence-electron chi connectivity index (χ2n) is 11.3. The second-order valence-corrected chi connectivity index (χ2v) is 11.3. The van der Waals surface area contributed by atoms with Gasteiger partial charge in [0.2, 0.25) is 5.89 Å². The number of hydrogen-bond acceptors (Lipinski definition) is 4. The zero-order valence-electron chi connectivity index (χ0n) is 19.9. The summed E-state index contributed by atoms with van der Waals surface area (Å²) in [5, 5.41) is 8.21. The van der Waals surface area contributed by atoms with Gasteiger partial charge in [-0.3, -0.25) is 0 Å². The molecule has 3 aliphatic carbocycles. The van der Waals surface area contributed by atoms with Crippen LogP contribution in [0.5, 0.6) is 0 Å². The lowest BCUT2D eigenvalue weighted by Crippen LogP contribution is -2.47. The number of hydrogen-bond donors (Lipinski definition) is 1. The van der Waals surface area contributed by atoms with Gasteiger partial charge in [-0.2, -0.15) is 4.98 Å². The van der Waals surface area contributed by atoms with E-state index >= 15 is 0 Å². The first kappa shape index (κ1) is 21.2. The van der Waals surface area contributed by atoms with Crippen LogP contribution >= 0.6 is 0 Å². The SMILES string of the molecule is Cc1ccc(-c2cccc(NCC34CCC(c5noc(C(C)(C)C)n5)(CC3)CC4)c2)cc1. The normalized spacial score (nSPS) is 25.1. The standard InChI is InChI=1S/C28H35N3O/c1-20-8-10-21(11-9-20)22-6-5-7-23(18-22)29-19-27-12-15-28(16-13-27,17-14-27)24-30-25(32-31-24)26(2,3)4/h5-11,18,29H,12-17,19H2,1-4H3. The molecule has 4 heteroatoms. The van der Waals surface area contributed by atoms with Crippen molar-refractivity contribution in [3.63, 3.8) is 0 Å². The summed E-state index contributed by atoms with van der Waals surface area (Å²) in [6, 6.07) is 17.6. The molecular formula is C28H35N3O. The Kier molecular flexibility index (Phi) is 5.15. The number of nitrogens with one attached hydrogen (secondary N) is 1. The van der Waals surface area contributed by atoms with Crippen LogP contribution < -0.4 is 5.32 Å². The Morgan fingerprint density at radius 1 is 0.906 bits per heavy atom. The van der Waals surface area contributed by atoms with Gasteiger partial charge in [0.15, 0.2) is 5.82 Å². The molecule has 0 radical (unpaired) electrons. The Morgan fingerprint density at radius 3 is 2.22 bits per heavy atom. The van der Waals surface area contributed by atoms with E-state index < -0.39 is 0 Å². The van der Waals surface area contributed by atoms with Crippen molar-refractivity contribution in [3.8, 4) is 11.1 Å². The first-order chi connectivity index (χ1) is 15.3. The third-order valence-electron chi connectivity index (χ3n) is 7.86. The van der Waals surface area contributed by atoms with E-state index in [1.54, 1.807) is 0 Å². The van der Waals surface area contributed by atoms with E-state index in [1.165, 1.54) is 60.9 Å². The highest BCUT2D eigenvalue weighted by molar-refractivity contribution is 5.68. The van der Waals surface area contributed by atoms with Crippen molar-refractivity contribution in [1.29, 1.82) is 0 Å². The molecule has 0 aliphatic heterocycles. The van der Waals surface area contributed by atoms with Crippen LogP contribution in [-0.4, -0.2) is 16.7 Å². The van der Waals surface area contributed by atoms with Crippen LogP contribution in [-0.2, 0) is 10.8 Å². The van der Waals surface area contributed by atoms with E-state index in [2.05, 4.69) is 86.7 Å². The molecule has 0 atom stereocenters. The zero-order valence-corrected chi connectivity index (χ0v) is 19.9. The third-order valence-corrected chi connectivity index (χ3v) is 7.86. The molecular weight excluding hydrogens is 394 g/mol. The van der Waals surface area contributed by atoms with Crippen molar-refractivity contribution in [2.75, 3.05) is 11.9 Å². The smallest absolute Gasteiger partial charge is 0.232 e. The molecule has 0 spiro atoms. The maximum absolute atomic E-state index is 5.64. The summed E-state index contributed by atoms with van der Waals surface area (Å²) in [5.74, 6) is 1.72. The lowest BCUT2D eigenvalue weighted by molar-refractivity contribution is 0.0445. The molecule has 6 rings (SSSR count). The van der Waals surface area contributed by atoms with E-state index in [9.17, 15) is 0 Å². The average molecular weight is 430 g/mol. The van der Waals surface area contributed by atoms with E-state index in [-0.39, 0.29) is 10.8 Å². The fourth-order valence-electron chi connectivity index (χ4n) is 5.45. The third kappa shape index (κ3) is 3.96. The Balaban J connectivity index is 1.25. The number of nitrogens with zero attached hydrogens (tertiary/aromatic N) is 2. The van der Waals surface area contributed by atoms with Crippen LogP contribution in [0.2, 0.25) is 0 Å². The number of aryl methyl sites for hydroxylation is 1. The molecule has 1 heterocycles. The summed E-state index contributed by atoms with van der Waals surface area (Å²) in [6.45, 7) is 9.57. The molecule has 1 aromatic heterocycles. The number of fused-ring (bicyclic) bond motifs is 3. The Bertz CT molecular complexity index is 1070. The van der Waals surface area contributed by atoms with Gasteiger partial charge in [-0.25, -0.2) is 0 Å². The van der Waals surface area contributed by atoms with Crippen molar-refractivity contribution < 1.29 is 4.52 Å². The van der Waals surface area contributed by atoms with Crippen molar-refractivity contribution >= 4 is 5.69 Å². The van der Waals surface area contributed by atoms with E-state index in [0.29, 0.717) is 5.41 Å². The average Bonchev–Trinajstić information content (AvgIpc) is 3.32. The zero-order chi connectivity index (χ0) is 22.4. The van der Waals surface area contributed by atoms with Crippen LogP contribution in [0.15, 0.2) is 53.1 Å². The molecule has 3 saturated carbocycles. The van der Waals surface area contributed by atoms with Crippen LogP contribution in [0.25, 0.3) is 11.1 Å². The van der Waals surface area contributed by atoms with Gasteiger partial charge < -0.3 is 9.84 Å². The highest BCUT2D eigenvalue weighted by Gasteiger charge is 2.51. The predicted octanol–water partition coefficient (Wildman–Crippen LogP) is 7.05. The van der Waals surface area contributed by atoms with Crippen LogP contribution in [0, 0.1) is 12.3 Å². The number of aromatic nitrogens is 2. The molecule has 4 nitrogen and oxygen atoms in total. The molecule has 2 bridgehead atoms. The first-order valence-corrected chi connectivity index (χ1v) is 12.0. The minimum Gasteiger partial charge on any atom is -0.384 e. The largest absolute Gasteiger partial charge is 0.384 e. The molecule has 3 aromatic rings. The highest BCUT2D eigenvalue weighted by atomic mass is 16.5. The maximum atomic E-state index is 5.64. The summed E-state index contributed by atoms with van der Waals surface area (Å²) < 4.78 is 5.64. The summed E-state index contributed by atoms with van der Waals surface area (Å²) in [7, 11) is 0. The van der Waals surface area contributed by atoms with Gasteiger partial charge in [0.25, 0.3) is 0 Å². The Morgan fingerprint density at radius 2 is 1.59 bits per heavy atom. The van der Waals surface area contributed by atoms with E-state index in [1.807, 2.05) is 0 Å². The van der Waals surface area contributed by atoms with Crippen LogP contribution in [0.4, 0.5) is 5.69 Å².